The van der Waals surface area contributed by atoms with E-state index in [4.69, 9.17) is 0 Å². The first-order valence-electron chi connectivity index (χ1n) is 15.9. The van der Waals surface area contributed by atoms with Gasteiger partial charge in [0.05, 0.1) is 27.6 Å². The summed E-state index contributed by atoms with van der Waals surface area (Å²) in [6.45, 7) is 0. The van der Waals surface area contributed by atoms with E-state index >= 15 is 0 Å². The molecule has 0 unspecified atom stereocenters. The molecule has 0 N–H and O–H groups in total. The minimum absolute atomic E-state index is 0.0157. The van der Waals surface area contributed by atoms with Gasteiger partial charge in [-0.05, 0) is 66.0 Å². The summed E-state index contributed by atoms with van der Waals surface area (Å²) in [5.74, 6) is 0. The van der Waals surface area contributed by atoms with E-state index in [1.165, 1.54) is 32.6 Å². The zero-order valence-electron chi connectivity index (χ0n) is 25.3. The Hall–Kier alpha value is -6.39. The van der Waals surface area contributed by atoms with Gasteiger partial charge in [-0.2, -0.15) is 0 Å². The Bertz CT molecular complexity index is 2910. The van der Waals surface area contributed by atoms with Gasteiger partial charge in [0.2, 0.25) is 0 Å². The number of benzene rings is 7. The Morgan fingerprint density at radius 1 is 0.277 bits per heavy atom. The number of fused-ring (bicyclic) bond motifs is 10. The molecule has 0 atom stereocenters. The monoisotopic (exact) mass is 601 g/mol. The third kappa shape index (κ3) is 3.61. The number of hydrogen-bond acceptors (Lipinski definition) is 1. The largest absolute Gasteiger partial charge is 0.307 e. The number of para-hydroxylation sites is 4. The number of hydrogen-bond donors (Lipinski definition) is 0. The minimum Gasteiger partial charge on any atom is -0.307 e. The van der Waals surface area contributed by atoms with E-state index in [-0.39, 0.29) is 5.56 Å². The first kappa shape index (κ1) is 25.9. The van der Waals surface area contributed by atoms with Crippen LogP contribution >= 0.6 is 0 Å². The number of aromatic nitrogens is 3. The second kappa shape index (κ2) is 9.80. The van der Waals surface area contributed by atoms with Gasteiger partial charge in [-0.1, -0.05) is 103 Å². The van der Waals surface area contributed by atoms with Crippen LogP contribution in [0, 0.1) is 0 Å². The van der Waals surface area contributed by atoms with Gasteiger partial charge < -0.3 is 9.13 Å². The molecule has 47 heavy (non-hydrogen) atoms. The molecule has 0 fully saturated rings. The highest BCUT2D eigenvalue weighted by atomic mass is 16.1. The summed E-state index contributed by atoms with van der Waals surface area (Å²) in [5.41, 5.74) is 8.53. The van der Waals surface area contributed by atoms with Crippen LogP contribution in [0.15, 0.2) is 169 Å². The van der Waals surface area contributed by atoms with Crippen LogP contribution in [0.3, 0.4) is 0 Å². The lowest BCUT2D eigenvalue weighted by atomic mass is 10.1. The third-order valence-corrected chi connectivity index (χ3v) is 9.64. The molecule has 10 aromatic rings. The van der Waals surface area contributed by atoms with Crippen LogP contribution in [0.25, 0.3) is 82.3 Å². The maximum Gasteiger partial charge on any atom is 0.263 e. The van der Waals surface area contributed by atoms with Gasteiger partial charge in [-0.3, -0.25) is 9.36 Å². The van der Waals surface area contributed by atoms with Crippen LogP contribution in [0.4, 0.5) is 0 Å². The molecule has 0 spiro atoms. The van der Waals surface area contributed by atoms with Crippen molar-refractivity contribution in [3.63, 3.8) is 0 Å². The highest BCUT2D eigenvalue weighted by Crippen LogP contribution is 2.41. The molecule has 0 radical (unpaired) electrons. The molecule has 220 valence electrons. The van der Waals surface area contributed by atoms with Crippen LogP contribution in [0.5, 0.6) is 0 Å². The fourth-order valence-corrected chi connectivity index (χ4v) is 7.65. The summed E-state index contributed by atoms with van der Waals surface area (Å²) in [6.07, 6.45) is 0. The molecule has 4 heteroatoms. The molecule has 0 aliphatic heterocycles. The van der Waals surface area contributed by atoms with Gasteiger partial charge in [-0.25, -0.2) is 0 Å². The van der Waals surface area contributed by atoms with E-state index in [1.807, 2.05) is 47.0 Å². The van der Waals surface area contributed by atoms with Crippen molar-refractivity contribution in [3.05, 3.63) is 174 Å². The first-order valence-corrected chi connectivity index (χ1v) is 15.9. The number of nitrogens with zero attached hydrogens (tertiary/aromatic N) is 3. The highest BCUT2D eigenvalue weighted by molar-refractivity contribution is 6.23. The molecule has 4 nitrogen and oxygen atoms in total. The third-order valence-electron chi connectivity index (χ3n) is 9.64. The zero-order chi connectivity index (χ0) is 31.1. The van der Waals surface area contributed by atoms with Crippen LogP contribution < -0.4 is 5.56 Å². The van der Waals surface area contributed by atoms with Crippen molar-refractivity contribution in [1.82, 2.24) is 13.7 Å². The van der Waals surface area contributed by atoms with Crippen molar-refractivity contribution >= 4 is 65.3 Å². The van der Waals surface area contributed by atoms with Crippen LogP contribution in [0.1, 0.15) is 0 Å². The van der Waals surface area contributed by atoms with E-state index in [0.29, 0.717) is 5.39 Å². The smallest absolute Gasteiger partial charge is 0.263 e. The Morgan fingerprint density at radius 3 is 1.17 bits per heavy atom. The van der Waals surface area contributed by atoms with Crippen molar-refractivity contribution in [3.8, 4) is 17.1 Å². The Balaban J connectivity index is 1.29. The Morgan fingerprint density at radius 2 is 0.638 bits per heavy atom. The fourth-order valence-electron chi connectivity index (χ4n) is 7.65. The van der Waals surface area contributed by atoms with Crippen molar-refractivity contribution in [2.24, 2.45) is 0 Å². The van der Waals surface area contributed by atoms with Crippen molar-refractivity contribution in [2.45, 2.75) is 0 Å². The molecule has 0 saturated heterocycles. The summed E-state index contributed by atoms with van der Waals surface area (Å²) >= 11 is 0. The van der Waals surface area contributed by atoms with Crippen molar-refractivity contribution in [2.75, 3.05) is 0 Å². The molecular weight excluding hydrogens is 574 g/mol. The summed E-state index contributed by atoms with van der Waals surface area (Å²) in [6, 6.07) is 56.9. The Kier molecular flexibility index (Phi) is 5.40. The standard InChI is InChI=1S/C43H27N3O/c47-43-37-18-5-4-14-31(37)32-15-6-11-21-40(32)46(43)30-24-22-29(23-25-30)45-39-20-10-8-17-34(39)36-27-26-35-33-16-7-9-19-38(33)44(41(35)42(36)45)28-12-2-1-3-13-28/h1-27H. The molecule has 0 aliphatic carbocycles. The highest BCUT2D eigenvalue weighted by Gasteiger charge is 2.21. The zero-order valence-corrected chi connectivity index (χ0v) is 25.3. The minimum atomic E-state index is -0.0157. The van der Waals surface area contributed by atoms with Gasteiger partial charge in [0.15, 0.2) is 0 Å². The lowest BCUT2D eigenvalue weighted by molar-refractivity contribution is 1.05. The lowest BCUT2D eigenvalue weighted by Gasteiger charge is -2.15. The molecule has 0 amide bonds. The number of pyridine rings is 1. The van der Waals surface area contributed by atoms with Crippen molar-refractivity contribution < 1.29 is 0 Å². The summed E-state index contributed by atoms with van der Waals surface area (Å²) in [5, 5.41) is 7.60. The normalized spacial score (nSPS) is 11.9. The fraction of sp³-hybridized carbons (Fsp3) is 0. The van der Waals surface area contributed by atoms with E-state index in [0.717, 1.165) is 44.4 Å². The summed E-state index contributed by atoms with van der Waals surface area (Å²) in [7, 11) is 0. The SMILES string of the molecule is O=c1c2ccccc2c2ccccc2n1-c1ccc(-n2c3ccccc3c3ccc4c5ccccc5n(-c5ccccc5)c4c32)cc1. The van der Waals surface area contributed by atoms with Gasteiger partial charge in [-0.15, -0.1) is 0 Å². The van der Waals surface area contributed by atoms with Gasteiger partial charge in [0.25, 0.3) is 5.56 Å². The molecule has 7 aromatic carbocycles. The summed E-state index contributed by atoms with van der Waals surface area (Å²) in [4.78, 5) is 14.0. The Labute approximate surface area is 269 Å². The maximum atomic E-state index is 14.0. The van der Waals surface area contributed by atoms with E-state index in [1.54, 1.807) is 0 Å². The molecule has 0 saturated carbocycles. The predicted molar refractivity (Wildman–Crippen MR) is 196 cm³/mol. The lowest BCUT2D eigenvalue weighted by Crippen LogP contribution is -2.19. The predicted octanol–water partition coefficient (Wildman–Crippen LogP) is 10.3. The van der Waals surface area contributed by atoms with Crippen LogP contribution in [-0.4, -0.2) is 13.7 Å². The van der Waals surface area contributed by atoms with E-state index < -0.39 is 0 Å². The first-order chi connectivity index (χ1) is 23.3. The molecule has 3 heterocycles. The van der Waals surface area contributed by atoms with Gasteiger partial charge in [0.1, 0.15) is 0 Å². The van der Waals surface area contributed by atoms with Crippen LogP contribution in [0.2, 0.25) is 0 Å². The second-order valence-electron chi connectivity index (χ2n) is 12.1. The molecule has 0 aliphatic rings. The van der Waals surface area contributed by atoms with Crippen LogP contribution in [-0.2, 0) is 0 Å². The molecule has 0 bridgehead atoms. The topological polar surface area (TPSA) is 31.9 Å². The molecular formula is C43H27N3O. The van der Waals surface area contributed by atoms with E-state index in [9.17, 15) is 4.79 Å². The maximum absolute atomic E-state index is 14.0. The van der Waals surface area contributed by atoms with Gasteiger partial charge in [0, 0.05) is 49.4 Å². The molecule has 3 aromatic heterocycles. The second-order valence-corrected chi connectivity index (χ2v) is 12.1. The van der Waals surface area contributed by atoms with Crippen molar-refractivity contribution in [1.29, 1.82) is 0 Å². The van der Waals surface area contributed by atoms with E-state index in [2.05, 4.69) is 130 Å². The quantitative estimate of drug-likeness (QED) is 0.185. The molecule has 10 rings (SSSR count). The van der Waals surface area contributed by atoms with Gasteiger partial charge >= 0.3 is 0 Å². The average Bonchev–Trinajstić information content (AvgIpc) is 3.66. The number of rotatable bonds is 3. The summed E-state index contributed by atoms with van der Waals surface area (Å²) < 4.78 is 6.63. The average molecular weight is 602 g/mol.